The first kappa shape index (κ1) is 21.2. The van der Waals surface area contributed by atoms with Gasteiger partial charge in [-0.1, -0.05) is 37.9 Å². The molecule has 0 spiro atoms. The Hall–Kier alpha value is -1.99. The fourth-order valence-corrected chi connectivity index (χ4v) is 5.60. The van der Waals surface area contributed by atoms with Crippen molar-refractivity contribution in [3.63, 3.8) is 0 Å². The van der Waals surface area contributed by atoms with Gasteiger partial charge in [-0.25, -0.2) is 0 Å². The lowest BCUT2D eigenvalue weighted by atomic mass is 9.81. The third kappa shape index (κ3) is 3.97. The predicted molar refractivity (Wildman–Crippen MR) is 124 cm³/mol. The minimum atomic E-state index is -0.289. The SMILES string of the molecule is Cc1cc(C)cc(NC(=O)c2ccc(N3C(=O)[C@@H]4C[C@@H](Br)[C@@H](Br)C[C@H]4C3=O)cc2)c1. The Bertz CT molecular complexity index is 973. The Labute approximate surface area is 192 Å². The van der Waals surface area contributed by atoms with Crippen LogP contribution in [0.4, 0.5) is 11.4 Å². The molecular formula is C23H22Br2N2O3. The summed E-state index contributed by atoms with van der Waals surface area (Å²) >= 11 is 7.20. The lowest BCUT2D eigenvalue weighted by Crippen LogP contribution is -2.34. The zero-order chi connectivity index (χ0) is 21.6. The number of nitrogens with zero attached hydrogens (tertiary/aromatic N) is 1. The van der Waals surface area contributed by atoms with Crippen molar-refractivity contribution in [1.29, 1.82) is 0 Å². The summed E-state index contributed by atoms with van der Waals surface area (Å²) < 4.78 is 0. The van der Waals surface area contributed by atoms with Gasteiger partial charge in [-0.15, -0.1) is 0 Å². The quantitative estimate of drug-likeness (QED) is 0.447. The molecule has 2 fully saturated rings. The largest absolute Gasteiger partial charge is 0.322 e. The number of amides is 3. The summed E-state index contributed by atoms with van der Waals surface area (Å²) in [6.45, 7) is 3.96. The van der Waals surface area contributed by atoms with E-state index in [1.54, 1.807) is 24.3 Å². The van der Waals surface area contributed by atoms with Crippen molar-refractivity contribution in [3.05, 3.63) is 59.2 Å². The number of hydrogen-bond donors (Lipinski definition) is 1. The molecule has 3 amide bonds. The average Bonchev–Trinajstić information content (AvgIpc) is 2.91. The lowest BCUT2D eigenvalue weighted by molar-refractivity contribution is -0.122. The van der Waals surface area contributed by atoms with E-state index in [1.807, 2.05) is 32.0 Å². The molecular weight excluding hydrogens is 512 g/mol. The molecule has 0 unspecified atom stereocenters. The van der Waals surface area contributed by atoms with Gasteiger partial charge in [0.2, 0.25) is 11.8 Å². The van der Waals surface area contributed by atoms with E-state index in [9.17, 15) is 14.4 Å². The molecule has 1 N–H and O–H groups in total. The van der Waals surface area contributed by atoms with Crippen LogP contribution in [0.3, 0.4) is 0 Å². The molecule has 0 bridgehead atoms. The Morgan fingerprint density at radius 1 is 0.900 bits per heavy atom. The Morgan fingerprint density at radius 2 is 1.40 bits per heavy atom. The number of hydrogen-bond acceptors (Lipinski definition) is 3. The molecule has 7 heteroatoms. The predicted octanol–water partition coefficient (Wildman–Crippen LogP) is 4.98. The number of fused-ring (bicyclic) bond motifs is 1. The molecule has 4 atom stereocenters. The average molecular weight is 534 g/mol. The summed E-state index contributed by atoms with van der Waals surface area (Å²) in [6.07, 6.45) is 1.27. The molecule has 1 heterocycles. The number of benzene rings is 2. The van der Waals surface area contributed by atoms with Gasteiger partial charge in [0.25, 0.3) is 5.91 Å². The van der Waals surface area contributed by atoms with Crippen molar-refractivity contribution in [2.75, 3.05) is 10.2 Å². The molecule has 2 aromatic carbocycles. The van der Waals surface area contributed by atoms with Gasteiger partial charge in [0, 0.05) is 20.9 Å². The highest BCUT2D eigenvalue weighted by Gasteiger charge is 2.52. The Kier molecular flexibility index (Phi) is 5.86. The summed E-state index contributed by atoms with van der Waals surface area (Å²) in [7, 11) is 0. The zero-order valence-electron chi connectivity index (χ0n) is 16.7. The van der Waals surface area contributed by atoms with Gasteiger partial charge in [0.05, 0.1) is 17.5 Å². The van der Waals surface area contributed by atoms with Crippen LogP contribution < -0.4 is 10.2 Å². The molecule has 5 nitrogen and oxygen atoms in total. The molecule has 1 saturated heterocycles. The monoisotopic (exact) mass is 532 g/mol. The number of aryl methyl sites for hydroxylation is 2. The van der Waals surface area contributed by atoms with Crippen molar-refractivity contribution in [2.24, 2.45) is 11.8 Å². The number of halogens is 2. The van der Waals surface area contributed by atoms with E-state index in [4.69, 9.17) is 0 Å². The van der Waals surface area contributed by atoms with E-state index in [0.29, 0.717) is 24.1 Å². The number of nitrogens with one attached hydrogen (secondary N) is 1. The second-order valence-corrected chi connectivity index (χ2v) is 10.5. The lowest BCUT2D eigenvalue weighted by Gasteiger charge is -2.29. The highest BCUT2D eigenvalue weighted by Crippen LogP contribution is 2.44. The van der Waals surface area contributed by atoms with Crippen molar-refractivity contribution in [1.82, 2.24) is 0 Å². The number of alkyl halides is 2. The Morgan fingerprint density at radius 3 is 1.90 bits per heavy atom. The molecule has 156 valence electrons. The third-order valence-corrected chi connectivity index (χ3v) is 8.51. The second kappa shape index (κ2) is 8.27. The maximum absolute atomic E-state index is 12.9. The third-order valence-electron chi connectivity index (χ3n) is 5.78. The van der Waals surface area contributed by atoms with E-state index < -0.39 is 0 Å². The number of rotatable bonds is 3. The van der Waals surface area contributed by atoms with Crippen molar-refractivity contribution in [2.45, 2.75) is 36.3 Å². The fraction of sp³-hybridized carbons (Fsp3) is 0.348. The molecule has 1 aliphatic carbocycles. The van der Waals surface area contributed by atoms with Crippen LogP contribution in [0.2, 0.25) is 0 Å². The standard InChI is InChI=1S/C23H22Br2N2O3/c1-12-7-13(2)9-15(8-12)26-21(28)14-3-5-16(6-4-14)27-22(29)17-10-19(24)20(25)11-18(17)23(27)30/h3-9,17-20H,10-11H2,1-2H3,(H,26,28)/t17-,18-,19-,20+/m1/s1. The fourth-order valence-electron chi connectivity index (χ4n) is 4.36. The smallest absolute Gasteiger partial charge is 0.255 e. The summed E-state index contributed by atoms with van der Waals surface area (Å²) in [6, 6.07) is 12.5. The number of anilines is 2. The van der Waals surface area contributed by atoms with Gasteiger partial charge >= 0.3 is 0 Å². The maximum atomic E-state index is 12.9. The summed E-state index contributed by atoms with van der Waals surface area (Å²) in [5.41, 5.74) is 3.87. The molecule has 0 aromatic heterocycles. The van der Waals surface area contributed by atoms with Crippen LogP contribution in [0.25, 0.3) is 0 Å². The van der Waals surface area contributed by atoms with Gasteiger partial charge < -0.3 is 5.32 Å². The van der Waals surface area contributed by atoms with Crippen LogP contribution in [0, 0.1) is 25.7 Å². The van der Waals surface area contributed by atoms with E-state index in [2.05, 4.69) is 37.2 Å². The summed E-state index contributed by atoms with van der Waals surface area (Å²) in [5, 5.41) is 2.90. The summed E-state index contributed by atoms with van der Waals surface area (Å²) in [4.78, 5) is 40.1. The maximum Gasteiger partial charge on any atom is 0.255 e. The van der Waals surface area contributed by atoms with Gasteiger partial charge in [-0.2, -0.15) is 0 Å². The second-order valence-electron chi connectivity index (χ2n) is 8.11. The first-order chi connectivity index (χ1) is 14.2. The van der Waals surface area contributed by atoms with Crippen molar-refractivity contribution >= 4 is 61.0 Å². The molecule has 0 radical (unpaired) electrons. The van der Waals surface area contributed by atoms with E-state index in [0.717, 1.165) is 16.8 Å². The molecule has 30 heavy (non-hydrogen) atoms. The zero-order valence-corrected chi connectivity index (χ0v) is 19.9. The molecule has 2 aliphatic rings. The van der Waals surface area contributed by atoms with Crippen molar-refractivity contribution in [3.8, 4) is 0 Å². The number of carbonyl (C=O) groups is 3. The van der Waals surface area contributed by atoms with Crippen LogP contribution in [0.15, 0.2) is 42.5 Å². The minimum Gasteiger partial charge on any atom is -0.322 e. The van der Waals surface area contributed by atoms with E-state index >= 15 is 0 Å². The van der Waals surface area contributed by atoms with Gasteiger partial charge in [0.1, 0.15) is 0 Å². The minimum absolute atomic E-state index is 0.152. The van der Waals surface area contributed by atoms with Crippen LogP contribution in [-0.2, 0) is 9.59 Å². The highest BCUT2D eigenvalue weighted by molar-refractivity contribution is 9.12. The van der Waals surface area contributed by atoms with E-state index in [1.165, 1.54) is 4.90 Å². The van der Waals surface area contributed by atoms with Crippen LogP contribution >= 0.6 is 31.9 Å². The van der Waals surface area contributed by atoms with Crippen LogP contribution in [0.5, 0.6) is 0 Å². The summed E-state index contributed by atoms with van der Waals surface area (Å²) in [5.74, 6) is -1.11. The number of carbonyl (C=O) groups excluding carboxylic acids is 3. The highest BCUT2D eigenvalue weighted by atomic mass is 79.9. The molecule has 1 saturated carbocycles. The normalized spacial score (nSPS) is 25.9. The first-order valence-corrected chi connectivity index (χ1v) is 11.7. The molecule has 4 rings (SSSR count). The topological polar surface area (TPSA) is 66.5 Å². The van der Waals surface area contributed by atoms with Crippen molar-refractivity contribution < 1.29 is 14.4 Å². The van der Waals surface area contributed by atoms with Crippen LogP contribution in [0.1, 0.15) is 34.3 Å². The van der Waals surface area contributed by atoms with Crippen LogP contribution in [-0.4, -0.2) is 27.4 Å². The van der Waals surface area contributed by atoms with Gasteiger partial charge in [-0.3, -0.25) is 19.3 Å². The molecule has 1 aliphatic heterocycles. The van der Waals surface area contributed by atoms with Gasteiger partial charge in [-0.05, 0) is 74.2 Å². The number of imide groups is 1. The van der Waals surface area contributed by atoms with E-state index in [-0.39, 0.29) is 39.2 Å². The Balaban J connectivity index is 1.51. The first-order valence-electron chi connectivity index (χ1n) is 9.90. The van der Waals surface area contributed by atoms with Gasteiger partial charge in [0.15, 0.2) is 0 Å². The molecule has 2 aromatic rings.